The molecule has 7 heteroatoms. The summed E-state index contributed by atoms with van der Waals surface area (Å²) in [4.78, 5) is 2.66. The quantitative estimate of drug-likeness (QED) is 0.733. The summed E-state index contributed by atoms with van der Waals surface area (Å²) >= 11 is 0. The lowest BCUT2D eigenvalue weighted by Crippen LogP contribution is -2.37. The molecule has 6 nitrogen and oxygen atoms in total. The van der Waals surface area contributed by atoms with E-state index in [0.717, 1.165) is 48.5 Å². The molecule has 2 aromatic rings. The van der Waals surface area contributed by atoms with E-state index in [4.69, 9.17) is 4.74 Å². The number of hydrogen-bond donors (Lipinski definition) is 1. The smallest absolute Gasteiger partial charge is 0.240 e. The minimum atomic E-state index is -3.61. The van der Waals surface area contributed by atoms with Gasteiger partial charge in [0.1, 0.15) is 5.75 Å². The van der Waals surface area contributed by atoms with Crippen LogP contribution in [0.3, 0.4) is 0 Å². The van der Waals surface area contributed by atoms with E-state index in [1.807, 2.05) is 40.1 Å². The minimum Gasteiger partial charge on any atom is -0.493 e. The fourth-order valence-corrected chi connectivity index (χ4v) is 5.21. The second-order valence-electron chi connectivity index (χ2n) is 7.47. The van der Waals surface area contributed by atoms with Crippen LogP contribution in [-0.2, 0) is 17.1 Å². The molecule has 1 aliphatic rings. The number of rotatable bonds is 8. The van der Waals surface area contributed by atoms with Gasteiger partial charge in [0.15, 0.2) is 0 Å². The molecular formula is C21H31N3O3S. The first-order chi connectivity index (χ1) is 13.3. The highest BCUT2D eigenvalue weighted by atomic mass is 32.2. The Morgan fingerprint density at radius 1 is 1.18 bits per heavy atom. The van der Waals surface area contributed by atoms with Crippen LogP contribution >= 0.6 is 0 Å². The maximum absolute atomic E-state index is 13.0. The zero-order valence-corrected chi connectivity index (χ0v) is 18.1. The van der Waals surface area contributed by atoms with Crippen molar-refractivity contribution in [1.82, 2.24) is 14.2 Å². The SMILES string of the molecule is CCOc1c(C)cc(S(=O)(=O)NCC(c2cccn2C)N2CCCC2)cc1C. The summed E-state index contributed by atoms with van der Waals surface area (Å²) in [6.45, 7) is 8.60. The molecule has 1 N–H and O–H groups in total. The average Bonchev–Trinajstić information content (AvgIpc) is 3.31. The third kappa shape index (κ3) is 4.42. The standard InChI is InChI=1S/C21H31N3O3S/c1-5-27-21-16(2)13-18(14-17(21)3)28(25,26)22-15-20(24-11-6-7-12-24)19-9-8-10-23(19)4/h8-10,13-14,20,22H,5-7,11-12,15H2,1-4H3. The van der Waals surface area contributed by atoms with Gasteiger partial charge >= 0.3 is 0 Å². The van der Waals surface area contributed by atoms with Gasteiger partial charge in [-0.3, -0.25) is 4.90 Å². The van der Waals surface area contributed by atoms with Gasteiger partial charge in [-0.15, -0.1) is 0 Å². The first-order valence-electron chi connectivity index (χ1n) is 9.92. The van der Waals surface area contributed by atoms with Crippen molar-refractivity contribution in [3.63, 3.8) is 0 Å². The summed E-state index contributed by atoms with van der Waals surface area (Å²) in [7, 11) is -1.60. The van der Waals surface area contributed by atoms with Crippen LogP contribution in [0.1, 0.15) is 42.6 Å². The van der Waals surface area contributed by atoms with Gasteiger partial charge in [0.25, 0.3) is 0 Å². The number of nitrogens with one attached hydrogen (secondary N) is 1. The Bertz CT molecular complexity index is 892. The van der Waals surface area contributed by atoms with E-state index in [0.29, 0.717) is 13.2 Å². The van der Waals surface area contributed by atoms with Crippen molar-refractivity contribution in [2.45, 2.75) is 44.6 Å². The number of sulfonamides is 1. The van der Waals surface area contributed by atoms with Crippen molar-refractivity contribution in [3.8, 4) is 5.75 Å². The third-order valence-electron chi connectivity index (χ3n) is 5.41. The highest BCUT2D eigenvalue weighted by Crippen LogP contribution is 2.28. The number of likely N-dealkylation sites (tertiary alicyclic amines) is 1. The molecule has 154 valence electrons. The largest absolute Gasteiger partial charge is 0.493 e. The van der Waals surface area contributed by atoms with E-state index >= 15 is 0 Å². The Morgan fingerprint density at radius 3 is 2.36 bits per heavy atom. The lowest BCUT2D eigenvalue weighted by atomic mass is 10.1. The van der Waals surface area contributed by atoms with E-state index in [1.165, 1.54) is 0 Å². The van der Waals surface area contributed by atoms with Crippen molar-refractivity contribution in [2.75, 3.05) is 26.2 Å². The maximum atomic E-state index is 13.0. The van der Waals surface area contributed by atoms with Crippen LogP contribution in [-0.4, -0.2) is 44.1 Å². The Labute approximate surface area is 168 Å². The van der Waals surface area contributed by atoms with Gasteiger partial charge in [-0.05, 0) is 82.1 Å². The van der Waals surface area contributed by atoms with Crippen molar-refractivity contribution in [1.29, 1.82) is 0 Å². The van der Waals surface area contributed by atoms with E-state index in [-0.39, 0.29) is 10.9 Å². The molecule has 1 aromatic heterocycles. The van der Waals surface area contributed by atoms with E-state index in [1.54, 1.807) is 12.1 Å². The molecule has 1 unspecified atom stereocenters. The number of benzene rings is 1. The molecule has 3 rings (SSSR count). The highest BCUT2D eigenvalue weighted by molar-refractivity contribution is 7.89. The molecule has 0 bridgehead atoms. The van der Waals surface area contributed by atoms with E-state index < -0.39 is 10.0 Å². The molecule has 28 heavy (non-hydrogen) atoms. The maximum Gasteiger partial charge on any atom is 0.240 e. The monoisotopic (exact) mass is 405 g/mol. The minimum absolute atomic E-state index is 0.0298. The normalized spacial score (nSPS) is 16.4. The molecule has 0 aliphatic carbocycles. The van der Waals surface area contributed by atoms with Crippen LogP contribution in [0.2, 0.25) is 0 Å². The lowest BCUT2D eigenvalue weighted by Gasteiger charge is -2.28. The molecule has 1 saturated heterocycles. The Balaban J connectivity index is 1.82. The fourth-order valence-electron chi connectivity index (χ4n) is 4.00. The van der Waals surface area contributed by atoms with E-state index in [2.05, 4.69) is 20.3 Å². The summed E-state index contributed by atoms with van der Waals surface area (Å²) in [6.07, 6.45) is 4.32. The van der Waals surface area contributed by atoms with Crippen LogP contribution in [0.4, 0.5) is 0 Å². The van der Waals surface area contributed by atoms with Crippen molar-refractivity contribution in [3.05, 3.63) is 47.3 Å². The zero-order valence-electron chi connectivity index (χ0n) is 17.2. The summed E-state index contributed by atoms with van der Waals surface area (Å²) in [5.41, 5.74) is 2.80. The number of ether oxygens (including phenoxy) is 1. The molecule has 1 aromatic carbocycles. The topological polar surface area (TPSA) is 63.6 Å². The van der Waals surface area contributed by atoms with Gasteiger partial charge in [-0.2, -0.15) is 0 Å². The first-order valence-corrected chi connectivity index (χ1v) is 11.4. The zero-order chi connectivity index (χ0) is 20.3. The predicted octanol–water partition coefficient (Wildman–Crippen LogP) is 3.16. The lowest BCUT2D eigenvalue weighted by molar-refractivity contribution is 0.238. The Hall–Kier alpha value is -1.83. The van der Waals surface area contributed by atoms with Gasteiger partial charge in [0, 0.05) is 25.5 Å². The number of nitrogens with zero attached hydrogens (tertiary/aromatic N) is 2. The van der Waals surface area contributed by atoms with Gasteiger partial charge in [-0.1, -0.05) is 0 Å². The average molecular weight is 406 g/mol. The Kier molecular flexibility index (Phi) is 6.47. The predicted molar refractivity (Wildman–Crippen MR) is 111 cm³/mol. The number of aromatic nitrogens is 1. The summed E-state index contributed by atoms with van der Waals surface area (Å²) in [5.74, 6) is 0.764. The van der Waals surface area contributed by atoms with Gasteiger partial charge in [0.05, 0.1) is 17.5 Å². The second kappa shape index (κ2) is 8.68. The van der Waals surface area contributed by atoms with Crippen molar-refractivity contribution >= 4 is 10.0 Å². The van der Waals surface area contributed by atoms with Gasteiger partial charge in [0.2, 0.25) is 10.0 Å². The Morgan fingerprint density at radius 2 is 1.82 bits per heavy atom. The summed E-state index contributed by atoms with van der Waals surface area (Å²) in [6, 6.07) is 7.48. The second-order valence-corrected chi connectivity index (χ2v) is 9.24. The van der Waals surface area contributed by atoms with Crippen LogP contribution in [0, 0.1) is 13.8 Å². The molecule has 0 amide bonds. The van der Waals surface area contributed by atoms with Crippen molar-refractivity contribution in [2.24, 2.45) is 7.05 Å². The molecular weight excluding hydrogens is 374 g/mol. The van der Waals surface area contributed by atoms with Crippen LogP contribution < -0.4 is 9.46 Å². The van der Waals surface area contributed by atoms with Gasteiger partial charge < -0.3 is 9.30 Å². The summed E-state index contributed by atoms with van der Waals surface area (Å²) < 4.78 is 36.6. The molecule has 0 spiro atoms. The van der Waals surface area contributed by atoms with Crippen LogP contribution in [0.5, 0.6) is 5.75 Å². The molecule has 1 aliphatic heterocycles. The summed E-state index contributed by atoms with van der Waals surface area (Å²) in [5, 5.41) is 0. The first kappa shape index (κ1) is 20.9. The molecule has 0 saturated carbocycles. The van der Waals surface area contributed by atoms with Crippen LogP contribution in [0.15, 0.2) is 35.4 Å². The van der Waals surface area contributed by atoms with E-state index in [9.17, 15) is 8.42 Å². The molecule has 1 fully saturated rings. The van der Waals surface area contributed by atoms with Crippen molar-refractivity contribution < 1.29 is 13.2 Å². The molecule has 0 radical (unpaired) electrons. The molecule has 1 atom stereocenters. The highest BCUT2D eigenvalue weighted by Gasteiger charge is 2.27. The third-order valence-corrected chi connectivity index (χ3v) is 6.81. The van der Waals surface area contributed by atoms with Gasteiger partial charge in [-0.25, -0.2) is 13.1 Å². The van der Waals surface area contributed by atoms with Crippen LogP contribution in [0.25, 0.3) is 0 Å². The fraction of sp³-hybridized carbons (Fsp3) is 0.524. The number of hydrogen-bond acceptors (Lipinski definition) is 4. The number of aryl methyl sites for hydroxylation is 3. The molecule has 2 heterocycles.